The Morgan fingerprint density at radius 2 is 1.90 bits per heavy atom. The molecule has 2 heterocycles. The topological polar surface area (TPSA) is 65.4 Å². The second-order valence-corrected chi connectivity index (χ2v) is 5.32. The highest BCUT2D eigenvalue weighted by Crippen LogP contribution is 2.21. The third-order valence-electron chi connectivity index (χ3n) is 3.48. The van der Waals surface area contributed by atoms with Crippen LogP contribution in [-0.4, -0.2) is 14.6 Å². The SMILES string of the molecule is Cc1ccc(C)c(OCc2nnc3c(C)cc(N)cn23)c1. The monoisotopic (exact) mass is 282 g/mol. The Kier molecular flexibility index (Phi) is 3.25. The van der Waals surface area contributed by atoms with Gasteiger partial charge in [0.25, 0.3) is 0 Å². The first-order valence-corrected chi connectivity index (χ1v) is 6.84. The van der Waals surface area contributed by atoms with Gasteiger partial charge in [-0.1, -0.05) is 12.1 Å². The fourth-order valence-corrected chi connectivity index (χ4v) is 2.33. The minimum Gasteiger partial charge on any atom is -0.485 e. The predicted molar refractivity (Wildman–Crippen MR) is 82.4 cm³/mol. The maximum absolute atomic E-state index is 5.89. The van der Waals surface area contributed by atoms with Crippen LogP contribution in [0.2, 0.25) is 0 Å². The minimum absolute atomic E-state index is 0.356. The van der Waals surface area contributed by atoms with Crippen LogP contribution in [0.1, 0.15) is 22.5 Å². The quantitative estimate of drug-likeness (QED) is 0.802. The van der Waals surface area contributed by atoms with Crippen molar-refractivity contribution in [3.8, 4) is 5.75 Å². The maximum atomic E-state index is 5.89. The summed E-state index contributed by atoms with van der Waals surface area (Å²) in [4.78, 5) is 0. The van der Waals surface area contributed by atoms with Crippen LogP contribution in [-0.2, 0) is 6.61 Å². The zero-order chi connectivity index (χ0) is 15.0. The molecule has 0 fully saturated rings. The minimum atomic E-state index is 0.356. The molecule has 0 aliphatic carbocycles. The molecule has 21 heavy (non-hydrogen) atoms. The molecule has 5 heteroatoms. The van der Waals surface area contributed by atoms with Gasteiger partial charge in [0.2, 0.25) is 0 Å². The van der Waals surface area contributed by atoms with E-state index in [4.69, 9.17) is 10.5 Å². The van der Waals surface area contributed by atoms with E-state index in [1.54, 1.807) is 0 Å². The Morgan fingerprint density at radius 1 is 1.10 bits per heavy atom. The molecule has 0 radical (unpaired) electrons. The van der Waals surface area contributed by atoms with E-state index in [0.717, 1.165) is 28.3 Å². The molecular weight excluding hydrogens is 264 g/mol. The smallest absolute Gasteiger partial charge is 0.175 e. The summed E-state index contributed by atoms with van der Waals surface area (Å²) in [6, 6.07) is 8.03. The average molecular weight is 282 g/mol. The molecule has 5 nitrogen and oxygen atoms in total. The molecule has 0 amide bonds. The van der Waals surface area contributed by atoms with Crippen LogP contribution in [0.3, 0.4) is 0 Å². The third kappa shape index (κ3) is 2.54. The van der Waals surface area contributed by atoms with E-state index in [1.165, 1.54) is 5.56 Å². The van der Waals surface area contributed by atoms with E-state index in [9.17, 15) is 0 Å². The molecule has 0 saturated heterocycles. The van der Waals surface area contributed by atoms with Crippen molar-refractivity contribution >= 4 is 11.3 Å². The van der Waals surface area contributed by atoms with Crippen molar-refractivity contribution < 1.29 is 4.74 Å². The van der Waals surface area contributed by atoms with Crippen LogP contribution in [0.25, 0.3) is 5.65 Å². The molecule has 2 N–H and O–H groups in total. The zero-order valence-corrected chi connectivity index (χ0v) is 12.4. The van der Waals surface area contributed by atoms with Gasteiger partial charge in [0.1, 0.15) is 12.4 Å². The first-order valence-electron chi connectivity index (χ1n) is 6.84. The molecule has 0 aliphatic rings. The van der Waals surface area contributed by atoms with Crippen LogP contribution in [0.15, 0.2) is 30.5 Å². The maximum Gasteiger partial charge on any atom is 0.175 e. The largest absolute Gasteiger partial charge is 0.485 e. The first-order chi connectivity index (χ1) is 10.0. The van der Waals surface area contributed by atoms with Gasteiger partial charge in [-0.2, -0.15) is 0 Å². The number of aromatic nitrogens is 3. The summed E-state index contributed by atoms with van der Waals surface area (Å²) < 4.78 is 7.77. The van der Waals surface area contributed by atoms with Crippen molar-refractivity contribution in [2.45, 2.75) is 27.4 Å². The summed E-state index contributed by atoms with van der Waals surface area (Å²) in [6.45, 7) is 6.39. The summed E-state index contributed by atoms with van der Waals surface area (Å²) >= 11 is 0. The lowest BCUT2D eigenvalue weighted by Gasteiger charge is -2.09. The highest BCUT2D eigenvalue weighted by atomic mass is 16.5. The lowest BCUT2D eigenvalue weighted by Crippen LogP contribution is -2.03. The molecule has 0 aliphatic heterocycles. The molecule has 2 aromatic heterocycles. The number of nitrogens with zero attached hydrogens (tertiary/aromatic N) is 3. The van der Waals surface area contributed by atoms with Crippen molar-refractivity contribution in [2.75, 3.05) is 5.73 Å². The van der Waals surface area contributed by atoms with Crippen molar-refractivity contribution in [3.63, 3.8) is 0 Å². The Bertz CT molecular complexity index is 807. The van der Waals surface area contributed by atoms with E-state index >= 15 is 0 Å². The highest BCUT2D eigenvalue weighted by Gasteiger charge is 2.10. The number of nitrogens with two attached hydrogens (primary N) is 1. The number of hydrogen-bond acceptors (Lipinski definition) is 4. The third-order valence-corrected chi connectivity index (χ3v) is 3.48. The predicted octanol–water partition coefficient (Wildman–Crippen LogP) is 2.82. The van der Waals surface area contributed by atoms with E-state index in [-0.39, 0.29) is 0 Å². The zero-order valence-electron chi connectivity index (χ0n) is 12.4. The van der Waals surface area contributed by atoms with E-state index in [1.807, 2.05) is 43.5 Å². The lowest BCUT2D eigenvalue weighted by atomic mass is 10.1. The molecule has 0 atom stereocenters. The Labute approximate surface area is 123 Å². The summed E-state index contributed by atoms with van der Waals surface area (Å²) in [5.74, 6) is 1.61. The number of anilines is 1. The van der Waals surface area contributed by atoms with E-state index < -0.39 is 0 Å². The summed E-state index contributed by atoms with van der Waals surface area (Å²) in [6.07, 6.45) is 1.82. The highest BCUT2D eigenvalue weighted by molar-refractivity contribution is 5.54. The number of fused-ring (bicyclic) bond motifs is 1. The second kappa shape index (κ2) is 5.09. The number of ether oxygens (including phenoxy) is 1. The van der Waals surface area contributed by atoms with Gasteiger partial charge in [-0.15, -0.1) is 10.2 Å². The standard InChI is InChI=1S/C16H18N4O/c1-10-4-5-11(2)14(6-10)21-9-15-18-19-16-12(3)7-13(17)8-20(15)16/h4-8H,9,17H2,1-3H3. The Morgan fingerprint density at radius 3 is 2.71 bits per heavy atom. The van der Waals surface area contributed by atoms with E-state index in [0.29, 0.717) is 12.3 Å². The van der Waals surface area contributed by atoms with Gasteiger partial charge in [0.15, 0.2) is 11.5 Å². The lowest BCUT2D eigenvalue weighted by molar-refractivity contribution is 0.292. The summed E-state index contributed by atoms with van der Waals surface area (Å²) in [5, 5.41) is 8.39. The normalized spacial score (nSPS) is 11.0. The van der Waals surface area contributed by atoms with Gasteiger partial charge in [-0.25, -0.2) is 0 Å². The fourth-order valence-electron chi connectivity index (χ4n) is 2.33. The van der Waals surface area contributed by atoms with Gasteiger partial charge in [-0.3, -0.25) is 4.40 Å². The molecule has 3 aromatic rings. The van der Waals surface area contributed by atoms with Gasteiger partial charge in [0, 0.05) is 11.9 Å². The number of aryl methyl sites for hydroxylation is 3. The number of hydrogen-bond donors (Lipinski definition) is 1. The van der Waals surface area contributed by atoms with Gasteiger partial charge in [0.05, 0.1) is 0 Å². The second-order valence-electron chi connectivity index (χ2n) is 5.32. The van der Waals surface area contributed by atoms with Crippen molar-refractivity contribution in [3.05, 3.63) is 53.0 Å². The number of nitrogen functional groups attached to an aromatic ring is 1. The van der Waals surface area contributed by atoms with Crippen LogP contribution in [0.4, 0.5) is 5.69 Å². The fraction of sp³-hybridized carbons (Fsp3) is 0.250. The van der Waals surface area contributed by atoms with Gasteiger partial charge >= 0.3 is 0 Å². The van der Waals surface area contributed by atoms with Crippen molar-refractivity contribution in [1.82, 2.24) is 14.6 Å². The summed E-state index contributed by atoms with van der Waals surface area (Å²) in [5.41, 5.74) is 10.7. The molecule has 0 spiro atoms. The molecular formula is C16H18N4O. The Hall–Kier alpha value is -2.56. The number of pyridine rings is 1. The Balaban J connectivity index is 1.90. The van der Waals surface area contributed by atoms with Crippen molar-refractivity contribution in [1.29, 1.82) is 0 Å². The van der Waals surface area contributed by atoms with Gasteiger partial charge in [-0.05, 0) is 49.6 Å². The van der Waals surface area contributed by atoms with Crippen LogP contribution >= 0.6 is 0 Å². The van der Waals surface area contributed by atoms with Crippen molar-refractivity contribution in [2.24, 2.45) is 0 Å². The first kappa shape index (κ1) is 13.4. The van der Waals surface area contributed by atoms with Crippen LogP contribution in [0, 0.1) is 20.8 Å². The number of rotatable bonds is 3. The molecule has 1 aromatic carbocycles. The average Bonchev–Trinajstić information content (AvgIpc) is 2.83. The van der Waals surface area contributed by atoms with Crippen LogP contribution < -0.4 is 10.5 Å². The molecule has 0 bridgehead atoms. The molecule has 0 saturated carbocycles. The number of benzene rings is 1. The molecule has 3 rings (SSSR count). The molecule has 0 unspecified atom stereocenters. The summed E-state index contributed by atoms with van der Waals surface area (Å²) in [7, 11) is 0. The van der Waals surface area contributed by atoms with Crippen LogP contribution in [0.5, 0.6) is 5.75 Å². The van der Waals surface area contributed by atoms with Gasteiger partial charge < -0.3 is 10.5 Å². The molecule has 108 valence electrons. The van der Waals surface area contributed by atoms with E-state index in [2.05, 4.69) is 22.3 Å².